The number of anilines is 1. The quantitative estimate of drug-likeness (QED) is 0.376. The molecule has 0 unspecified atom stereocenters. The maximum atomic E-state index is 11.9. The molecule has 0 aliphatic carbocycles. The molecule has 0 atom stereocenters. The summed E-state index contributed by atoms with van der Waals surface area (Å²) in [5.41, 5.74) is 0.651. The zero-order valence-corrected chi connectivity index (χ0v) is 13.5. The molecule has 0 spiro atoms. The molecule has 0 saturated heterocycles. The van der Waals surface area contributed by atoms with Crippen LogP contribution in [0.5, 0.6) is 0 Å². The lowest BCUT2D eigenvalue weighted by Gasteiger charge is -2.09. The molecule has 0 aromatic heterocycles. The Morgan fingerprint density at radius 1 is 1.41 bits per heavy atom. The molecule has 0 bridgehead atoms. The number of benzene rings is 1. The Morgan fingerprint density at radius 2 is 2.14 bits per heavy atom. The van der Waals surface area contributed by atoms with Crippen LogP contribution in [0.4, 0.5) is 10.5 Å². The van der Waals surface area contributed by atoms with Crippen LogP contribution >= 0.6 is 24.2 Å². The van der Waals surface area contributed by atoms with Crippen LogP contribution in [0.1, 0.15) is 6.92 Å². The summed E-state index contributed by atoms with van der Waals surface area (Å²) in [6, 6.07) is 7.49. The number of thiol groups is 1. The average Bonchev–Trinajstić information content (AvgIpc) is 2.45. The molecular weight excluding hydrogens is 324 g/mol. The van der Waals surface area contributed by atoms with Gasteiger partial charge in [-0.25, -0.2) is 4.79 Å². The molecular formula is C14H15ClN4O2S. The molecule has 116 valence electrons. The fourth-order valence-corrected chi connectivity index (χ4v) is 1.83. The summed E-state index contributed by atoms with van der Waals surface area (Å²) in [5.74, 6) is -0.237. The van der Waals surface area contributed by atoms with Crippen molar-refractivity contribution in [3.05, 3.63) is 40.6 Å². The van der Waals surface area contributed by atoms with Crippen molar-refractivity contribution < 1.29 is 9.59 Å². The fourth-order valence-electron chi connectivity index (χ4n) is 1.53. The minimum absolute atomic E-state index is 0.164. The number of nitrogens with zero attached hydrogens (tertiary/aromatic N) is 1. The number of hydrogen-bond acceptors (Lipinski definition) is 5. The van der Waals surface area contributed by atoms with Gasteiger partial charge in [0, 0.05) is 28.7 Å². The molecule has 3 amide bonds. The third-order valence-electron chi connectivity index (χ3n) is 2.53. The number of rotatable bonds is 5. The van der Waals surface area contributed by atoms with Crippen molar-refractivity contribution in [1.82, 2.24) is 10.6 Å². The molecule has 0 aliphatic heterocycles. The van der Waals surface area contributed by atoms with E-state index in [9.17, 15) is 9.59 Å². The number of nitriles is 1. The third kappa shape index (κ3) is 5.68. The highest BCUT2D eigenvalue weighted by molar-refractivity contribution is 7.80. The first-order valence-corrected chi connectivity index (χ1v) is 7.32. The summed E-state index contributed by atoms with van der Waals surface area (Å²) in [6.07, 6.45) is 0. The van der Waals surface area contributed by atoms with Crippen LogP contribution in [0.3, 0.4) is 0 Å². The summed E-state index contributed by atoms with van der Waals surface area (Å²) in [5, 5.41) is 16.9. The smallest absolute Gasteiger partial charge is 0.326 e. The highest BCUT2D eigenvalue weighted by Gasteiger charge is 2.15. The molecule has 1 aromatic rings. The van der Waals surface area contributed by atoms with E-state index in [-0.39, 0.29) is 5.57 Å². The van der Waals surface area contributed by atoms with E-state index in [0.717, 1.165) is 0 Å². The standard InChI is InChI=1S/C14H15ClN4O2S/c1-9(17-5-6-22)12(8-16)13(20)19-14(21)18-11-4-2-3-10(15)7-11/h2-4,7,17,22H,5-6H2,1H3,(H2,18,19,20,21)/b12-9+. The van der Waals surface area contributed by atoms with Gasteiger partial charge in [-0.1, -0.05) is 17.7 Å². The molecule has 1 aromatic carbocycles. The number of urea groups is 1. The van der Waals surface area contributed by atoms with Crippen molar-refractivity contribution in [2.75, 3.05) is 17.6 Å². The Labute approximate surface area is 138 Å². The molecule has 6 nitrogen and oxygen atoms in total. The highest BCUT2D eigenvalue weighted by atomic mass is 35.5. The second-order valence-corrected chi connectivity index (χ2v) is 5.06. The largest absolute Gasteiger partial charge is 0.387 e. The van der Waals surface area contributed by atoms with Gasteiger partial charge in [0.1, 0.15) is 11.6 Å². The summed E-state index contributed by atoms with van der Waals surface area (Å²) >= 11 is 9.81. The molecule has 1 rings (SSSR count). The van der Waals surface area contributed by atoms with E-state index in [1.54, 1.807) is 31.2 Å². The number of allylic oxidation sites excluding steroid dienone is 1. The van der Waals surface area contributed by atoms with Gasteiger partial charge in [-0.3, -0.25) is 10.1 Å². The number of amides is 3. The van der Waals surface area contributed by atoms with Gasteiger partial charge in [-0.2, -0.15) is 17.9 Å². The van der Waals surface area contributed by atoms with Crippen LogP contribution in [0.25, 0.3) is 0 Å². The van der Waals surface area contributed by atoms with E-state index in [2.05, 4.69) is 28.6 Å². The molecule has 0 heterocycles. The second kappa shape index (κ2) is 8.97. The van der Waals surface area contributed by atoms with Gasteiger partial charge in [0.05, 0.1) is 0 Å². The van der Waals surface area contributed by atoms with Crippen molar-refractivity contribution in [2.45, 2.75) is 6.92 Å². The number of carbonyl (C=O) groups excluding carboxylic acids is 2. The van der Waals surface area contributed by atoms with E-state index in [4.69, 9.17) is 16.9 Å². The topological polar surface area (TPSA) is 94.0 Å². The van der Waals surface area contributed by atoms with Crippen molar-refractivity contribution in [1.29, 1.82) is 5.26 Å². The van der Waals surface area contributed by atoms with Gasteiger partial charge in [-0.05, 0) is 25.1 Å². The van der Waals surface area contributed by atoms with E-state index in [1.165, 1.54) is 6.07 Å². The van der Waals surface area contributed by atoms with Gasteiger partial charge in [0.25, 0.3) is 5.91 Å². The van der Waals surface area contributed by atoms with Crippen LogP contribution in [0, 0.1) is 11.3 Å². The number of hydrogen-bond donors (Lipinski definition) is 4. The molecule has 0 radical (unpaired) electrons. The maximum absolute atomic E-state index is 11.9. The Morgan fingerprint density at radius 3 is 2.73 bits per heavy atom. The van der Waals surface area contributed by atoms with Crippen LogP contribution in [-0.4, -0.2) is 24.2 Å². The molecule has 0 fully saturated rings. The average molecular weight is 339 g/mol. The number of imide groups is 1. The molecule has 22 heavy (non-hydrogen) atoms. The summed E-state index contributed by atoms with van der Waals surface area (Å²) in [7, 11) is 0. The Balaban J connectivity index is 2.70. The first kappa shape index (κ1) is 17.9. The van der Waals surface area contributed by atoms with Gasteiger partial charge in [0.2, 0.25) is 0 Å². The predicted octanol–water partition coefficient (Wildman–Crippen LogP) is 2.31. The van der Waals surface area contributed by atoms with E-state index in [0.29, 0.717) is 28.7 Å². The number of nitrogens with one attached hydrogen (secondary N) is 3. The van der Waals surface area contributed by atoms with Crippen molar-refractivity contribution in [2.24, 2.45) is 0 Å². The van der Waals surface area contributed by atoms with Crippen LogP contribution in [0.15, 0.2) is 35.5 Å². The Hall–Kier alpha value is -2.17. The minimum atomic E-state index is -0.786. The number of carbonyl (C=O) groups is 2. The normalized spacial score (nSPS) is 11.0. The summed E-state index contributed by atoms with van der Waals surface area (Å²) < 4.78 is 0. The van der Waals surface area contributed by atoms with E-state index >= 15 is 0 Å². The SMILES string of the molecule is C/C(NCCS)=C(/C#N)C(=O)NC(=O)Nc1cccc(Cl)c1. The molecule has 0 aliphatic rings. The summed E-state index contributed by atoms with van der Waals surface area (Å²) in [4.78, 5) is 23.6. The van der Waals surface area contributed by atoms with Gasteiger partial charge < -0.3 is 10.6 Å². The first-order valence-electron chi connectivity index (χ1n) is 6.31. The first-order chi connectivity index (χ1) is 10.5. The monoisotopic (exact) mass is 338 g/mol. The lowest BCUT2D eigenvalue weighted by molar-refractivity contribution is -0.116. The van der Waals surface area contributed by atoms with Crippen molar-refractivity contribution in [3.8, 4) is 6.07 Å². The second-order valence-electron chi connectivity index (χ2n) is 4.18. The Bertz CT molecular complexity index is 640. The molecule has 3 N–H and O–H groups in total. The summed E-state index contributed by atoms with van der Waals surface area (Å²) in [6.45, 7) is 2.08. The zero-order chi connectivity index (χ0) is 16.5. The minimum Gasteiger partial charge on any atom is -0.387 e. The zero-order valence-electron chi connectivity index (χ0n) is 11.8. The molecule has 0 saturated carbocycles. The van der Waals surface area contributed by atoms with Gasteiger partial charge in [0.15, 0.2) is 0 Å². The Kier molecular flexibility index (Phi) is 7.29. The fraction of sp³-hybridized carbons (Fsp3) is 0.214. The third-order valence-corrected chi connectivity index (χ3v) is 2.98. The number of halogens is 1. The molecule has 8 heteroatoms. The van der Waals surface area contributed by atoms with Crippen molar-refractivity contribution in [3.63, 3.8) is 0 Å². The van der Waals surface area contributed by atoms with E-state index in [1.807, 2.05) is 0 Å². The highest BCUT2D eigenvalue weighted by Crippen LogP contribution is 2.14. The predicted molar refractivity (Wildman–Crippen MR) is 88.8 cm³/mol. The maximum Gasteiger partial charge on any atom is 0.326 e. The van der Waals surface area contributed by atoms with Crippen LogP contribution in [-0.2, 0) is 4.79 Å². The van der Waals surface area contributed by atoms with Crippen LogP contribution in [0.2, 0.25) is 5.02 Å². The van der Waals surface area contributed by atoms with E-state index < -0.39 is 11.9 Å². The van der Waals surface area contributed by atoms with Gasteiger partial charge in [-0.15, -0.1) is 0 Å². The lowest BCUT2D eigenvalue weighted by Crippen LogP contribution is -2.36. The lowest BCUT2D eigenvalue weighted by atomic mass is 10.2. The van der Waals surface area contributed by atoms with Gasteiger partial charge >= 0.3 is 6.03 Å². The van der Waals surface area contributed by atoms with Crippen LogP contribution < -0.4 is 16.0 Å². The van der Waals surface area contributed by atoms with Crippen molar-refractivity contribution >= 4 is 41.9 Å².